The third-order valence-corrected chi connectivity index (χ3v) is 4.63. The van der Waals surface area contributed by atoms with Crippen molar-refractivity contribution in [3.63, 3.8) is 0 Å². The molecule has 0 radical (unpaired) electrons. The summed E-state index contributed by atoms with van der Waals surface area (Å²) < 4.78 is 2.25. The molecular formula is C15H16Br2N2. The van der Waals surface area contributed by atoms with Crippen molar-refractivity contribution in [3.8, 4) is 0 Å². The van der Waals surface area contributed by atoms with Crippen LogP contribution >= 0.6 is 31.9 Å². The van der Waals surface area contributed by atoms with Crippen molar-refractivity contribution in [1.29, 1.82) is 0 Å². The molecule has 0 aliphatic carbocycles. The van der Waals surface area contributed by atoms with Crippen LogP contribution in [0, 0.1) is 0 Å². The number of hydrogen-bond acceptors (Lipinski definition) is 2. The molecule has 0 bridgehead atoms. The molecule has 0 fully saturated rings. The van der Waals surface area contributed by atoms with Gasteiger partial charge in [-0.05, 0) is 36.1 Å². The first-order chi connectivity index (χ1) is 9.20. The van der Waals surface area contributed by atoms with E-state index in [-0.39, 0.29) is 6.04 Å². The number of nitrogens with one attached hydrogen (secondary N) is 1. The molecule has 3 N–H and O–H groups in total. The van der Waals surface area contributed by atoms with Gasteiger partial charge < -0.3 is 0 Å². The van der Waals surface area contributed by atoms with Crippen LogP contribution in [-0.4, -0.2) is 6.04 Å². The van der Waals surface area contributed by atoms with Gasteiger partial charge >= 0.3 is 0 Å². The van der Waals surface area contributed by atoms with Gasteiger partial charge in [0.05, 0.1) is 0 Å². The van der Waals surface area contributed by atoms with Crippen LogP contribution in [0.4, 0.5) is 0 Å². The highest BCUT2D eigenvalue weighted by Crippen LogP contribution is 2.21. The predicted octanol–water partition coefficient (Wildman–Crippen LogP) is 3.83. The predicted molar refractivity (Wildman–Crippen MR) is 86.8 cm³/mol. The van der Waals surface area contributed by atoms with Crippen LogP contribution in [0.15, 0.2) is 57.5 Å². The number of rotatable bonds is 5. The topological polar surface area (TPSA) is 38.0 Å². The van der Waals surface area contributed by atoms with Gasteiger partial charge in [-0.15, -0.1) is 0 Å². The fourth-order valence-electron chi connectivity index (χ4n) is 2.05. The van der Waals surface area contributed by atoms with Crippen LogP contribution in [0.5, 0.6) is 0 Å². The van der Waals surface area contributed by atoms with Gasteiger partial charge in [-0.2, -0.15) is 0 Å². The summed E-state index contributed by atoms with van der Waals surface area (Å²) >= 11 is 7.15. The van der Waals surface area contributed by atoms with E-state index in [9.17, 15) is 0 Å². The zero-order valence-electron chi connectivity index (χ0n) is 10.4. The Kier molecular flexibility index (Phi) is 5.58. The third kappa shape index (κ3) is 4.14. The highest BCUT2D eigenvalue weighted by Gasteiger charge is 2.12. The van der Waals surface area contributed by atoms with Crippen LogP contribution in [-0.2, 0) is 12.8 Å². The summed E-state index contributed by atoms with van der Waals surface area (Å²) in [5.74, 6) is 5.69. The van der Waals surface area contributed by atoms with Crippen molar-refractivity contribution >= 4 is 31.9 Å². The van der Waals surface area contributed by atoms with Gasteiger partial charge in [-0.25, -0.2) is 0 Å². The first-order valence-corrected chi connectivity index (χ1v) is 7.72. The average molecular weight is 384 g/mol. The Morgan fingerprint density at radius 1 is 0.842 bits per heavy atom. The van der Waals surface area contributed by atoms with Crippen LogP contribution < -0.4 is 11.3 Å². The van der Waals surface area contributed by atoms with E-state index in [1.54, 1.807) is 0 Å². The molecule has 2 nitrogen and oxygen atoms in total. The number of hydrazine groups is 1. The first kappa shape index (κ1) is 14.7. The normalized spacial score (nSPS) is 10.9. The highest BCUT2D eigenvalue weighted by molar-refractivity contribution is 9.10. The molecule has 19 heavy (non-hydrogen) atoms. The lowest BCUT2D eigenvalue weighted by Crippen LogP contribution is -2.38. The summed E-state index contributed by atoms with van der Waals surface area (Å²) in [6.45, 7) is 0. The minimum Gasteiger partial charge on any atom is -0.271 e. The second-order valence-corrected chi connectivity index (χ2v) is 6.16. The Balaban J connectivity index is 2.09. The van der Waals surface area contributed by atoms with Crippen LogP contribution in [0.25, 0.3) is 0 Å². The quantitative estimate of drug-likeness (QED) is 0.608. The second-order valence-electron chi connectivity index (χ2n) is 4.45. The van der Waals surface area contributed by atoms with E-state index >= 15 is 0 Å². The molecule has 0 heterocycles. The molecule has 0 aromatic heterocycles. The smallest absolute Gasteiger partial charge is 0.0292 e. The first-order valence-electron chi connectivity index (χ1n) is 6.13. The Labute approximate surface area is 130 Å². The van der Waals surface area contributed by atoms with Crippen molar-refractivity contribution in [2.24, 2.45) is 5.84 Å². The summed E-state index contributed by atoms with van der Waals surface area (Å²) in [6.07, 6.45) is 1.78. The van der Waals surface area contributed by atoms with Crippen molar-refractivity contribution in [1.82, 2.24) is 5.43 Å². The zero-order chi connectivity index (χ0) is 13.7. The van der Waals surface area contributed by atoms with Crippen molar-refractivity contribution < 1.29 is 0 Å². The van der Waals surface area contributed by atoms with Gasteiger partial charge in [0.1, 0.15) is 0 Å². The number of halogens is 2. The molecule has 0 unspecified atom stereocenters. The lowest BCUT2D eigenvalue weighted by atomic mass is 9.99. The van der Waals surface area contributed by atoms with Gasteiger partial charge in [-0.1, -0.05) is 68.3 Å². The highest BCUT2D eigenvalue weighted by atomic mass is 79.9. The molecule has 0 aliphatic heterocycles. The van der Waals surface area contributed by atoms with Crippen molar-refractivity contribution in [3.05, 3.63) is 68.6 Å². The fraction of sp³-hybridized carbons (Fsp3) is 0.200. The number of hydrogen-bond donors (Lipinski definition) is 2. The molecule has 2 rings (SSSR count). The molecule has 0 atom stereocenters. The van der Waals surface area contributed by atoms with Gasteiger partial charge in [0, 0.05) is 15.0 Å². The van der Waals surface area contributed by atoms with E-state index in [1.165, 1.54) is 11.1 Å². The molecule has 0 saturated carbocycles. The zero-order valence-corrected chi connectivity index (χ0v) is 13.6. The fourth-order valence-corrected chi connectivity index (χ4v) is 2.94. The van der Waals surface area contributed by atoms with Crippen molar-refractivity contribution in [2.75, 3.05) is 0 Å². The van der Waals surface area contributed by atoms with E-state index in [0.717, 1.165) is 21.8 Å². The molecule has 0 saturated heterocycles. The largest absolute Gasteiger partial charge is 0.271 e. The molecule has 0 aliphatic rings. The third-order valence-electron chi connectivity index (χ3n) is 3.08. The SMILES string of the molecule is NNC(Cc1ccccc1Br)Cc1ccccc1Br. The maximum absolute atomic E-state index is 5.69. The van der Waals surface area contributed by atoms with Gasteiger partial charge in [0.15, 0.2) is 0 Å². The molecule has 2 aromatic carbocycles. The summed E-state index contributed by atoms with van der Waals surface area (Å²) in [5.41, 5.74) is 5.43. The average Bonchev–Trinajstić information content (AvgIpc) is 2.42. The summed E-state index contributed by atoms with van der Waals surface area (Å²) in [5, 5.41) is 0. The monoisotopic (exact) mass is 382 g/mol. The Morgan fingerprint density at radius 2 is 1.26 bits per heavy atom. The molecule has 4 heteroatoms. The van der Waals surface area contributed by atoms with Gasteiger partial charge in [-0.3, -0.25) is 11.3 Å². The summed E-state index contributed by atoms with van der Waals surface area (Å²) in [4.78, 5) is 0. The number of nitrogens with two attached hydrogens (primary N) is 1. The lowest BCUT2D eigenvalue weighted by Gasteiger charge is -2.17. The van der Waals surface area contributed by atoms with Crippen molar-refractivity contribution in [2.45, 2.75) is 18.9 Å². The maximum atomic E-state index is 5.69. The lowest BCUT2D eigenvalue weighted by molar-refractivity contribution is 0.521. The van der Waals surface area contributed by atoms with Crippen LogP contribution in [0.3, 0.4) is 0 Å². The van der Waals surface area contributed by atoms with E-state index in [2.05, 4.69) is 61.6 Å². The van der Waals surface area contributed by atoms with Crippen LogP contribution in [0.2, 0.25) is 0 Å². The Hall–Kier alpha value is -0.680. The second kappa shape index (κ2) is 7.20. The summed E-state index contributed by atoms with van der Waals surface area (Å²) in [7, 11) is 0. The van der Waals surface area contributed by atoms with Gasteiger partial charge in [0.25, 0.3) is 0 Å². The van der Waals surface area contributed by atoms with E-state index < -0.39 is 0 Å². The number of benzene rings is 2. The van der Waals surface area contributed by atoms with E-state index in [0.29, 0.717) is 0 Å². The minimum absolute atomic E-state index is 0.206. The Morgan fingerprint density at radius 3 is 1.63 bits per heavy atom. The van der Waals surface area contributed by atoms with Gasteiger partial charge in [0.2, 0.25) is 0 Å². The molecule has 100 valence electrons. The maximum Gasteiger partial charge on any atom is 0.0292 e. The Bertz CT molecular complexity index is 496. The molecular weight excluding hydrogens is 368 g/mol. The molecule has 0 amide bonds. The van der Waals surface area contributed by atoms with Crippen LogP contribution in [0.1, 0.15) is 11.1 Å². The minimum atomic E-state index is 0.206. The molecule has 2 aromatic rings. The van der Waals surface area contributed by atoms with E-state index in [4.69, 9.17) is 5.84 Å². The molecule has 0 spiro atoms. The van der Waals surface area contributed by atoms with E-state index in [1.807, 2.05) is 24.3 Å². The standard InChI is InChI=1S/C15H16Br2N2/c16-14-7-3-1-5-11(14)9-13(19-18)10-12-6-2-4-8-15(12)17/h1-8,13,19H,9-10,18H2. The summed E-state index contributed by atoms with van der Waals surface area (Å²) in [6, 6.07) is 16.7.